The molecule has 0 bridgehead atoms. The monoisotopic (exact) mass is 315 g/mol. The molecule has 18 heavy (non-hydrogen) atoms. The van der Waals surface area contributed by atoms with Gasteiger partial charge in [-0.3, -0.25) is 20.2 Å². The summed E-state index contributed by atoms with van der Waals surface area (Å²) in [4.78, 5) is 21.6. The summed E-state index contributed by atoms with van der Waals surface area (Å²) in [6.07, 6.45) is 0. The topological polar surface area (TPSA) is 98.3 Å². The van der Waals surface area contributed by atoms with E-state index in [4.69, 9.17) is 5.73 Å². The molecule has 0 heterocycles. The lowest BCUT2D eigenvalue weighted by molar-refractivity contribution is -0.385. The minimum atomic E-state index is -0.916. The van der Waals surface area contributed by atoms with Gasteiger partial charge in [0.1, 0.15) is 0 Å². The molecule has 3 N–H and O–H groups in total. The number of carbonyl (C=O) groups excluding carboxylic acids is 1. The van der Waals surface area contributed by atoms with Crippen molar-refractivity contribution in [3.05, 3.63) is 38.3 Å². The fourth-order valence-corrected chi connectivity index (χ4v) is 1.61. The maximum Gasteiger partial charge on any atom is 0.275 e. The van der Waals surface area contributed by atoms with E-state index < -0.39 is 16.4 Å². The van der Waals surface area contributed by atoms with Gasteiger partial charge in [-0.05, 0) is 26.0 Å². The van der Waals surface area contributed by atoms with Crippen LogP contribution in [0.15, 0.2) is 22.7 Å². The Morgan fingerprint density at radius 3 is 2.67 bits per heavy atom. The van der Waals surface area contributed by atoms with Gasteiger partial charge in [-0.2, -0.15) is 0 Å². The minimum absolute atomic E-state index is 0.00264. The summed E-state index contributed by atoms with van der Waals surface area (Å²) in [6.45, 7) is 3.44. The van der Waals surface area contributed by atoms with Crippen LogP contribution in [0.5, 0.6) is 0 Å². The van der Waals surface area contributed by atoms with Crippen LogP contribution in [0.3, 0.4) is 0 Å². The van der Waals surface area contributed by atoms with Gasteiger partial charge in [-0.1, -0.05) is 15.9 Å². The van der Waals surface area contributed by atoms with E-state index in [2.05, 4.69) is 21.2 Å². The van der Waals surface area contributed by atoms with Gasteiger partial charge in [-0.15, -0.1) is 0 Å². The van der Waals surface area contributed by atoms with Gasteiger partial charge in [0.05, 0.1) is 10.5 Å². The van der Waals surface area contributed by atoms with Crippen LogP contribution in [0, 0.1) is 10.1 Å². The number of primary amides is 1. The van der Waals surface area contributed by atoms with Crippen LogP contribution < -0.4 is 11.1 Å². The van der Waals surface area contributed by atoms with Crippen molar-refractivity contribution in [1.82, 2.24) is 5.32 Å². The van der Waals surface area contributed by atoms with Crippen LogP contribution in [0.2, 0.25) is 0 Å². The van der Waals surface area contributed by atoms with E-state index in [-0.39, 0.29) is 12.2 Å². The van der Waals surface area contributed by atoms with Gasteiger partial charge in [0.15, 0.2) is 0 Å². The molecule has 0 aromatic heterocycles. The van der Waals surface area contributed by atoms with E-state index in [1.54, 1.807) is 26.0 Å². The van der Waals surface area contributed by atoms with Gasteiger partial charge in [0.2, 0.25) is 5.91 Å². The van der Waals surface area contributed by atoms with Crippen molar-refractivity contribution < 1.29 is 9.72 Å². The number of rotatable bonds is 5. The van der Waals surface area contributed by atoms with Crippen molar-refractivity contribution >= 4 is 27.5 Å². The Kier molecular flexibility index (Phi) is 4.42. The molecule has 98 valence electrons. The number of nitro groups is 1. The first kappa shape index (κ1) is 14.6. The highest BCUT2D eigenvalue weighted by Gasteiger charge is 2.25. The number of hydrogen-bond acceptors (Lipinski definition) is 4. The third kappa shape index (κ3) is 3.51. The molecule has 0 saturated heterocycles. The van der Waals surface area contributed by atoms with Crippen LogP contribution in [-0.2, 0) is 11.3 Å². The molecule has 1 amide bonds. The molecule has 6 nitrogen and oxygen atoms in total. The van der Waals surface area contributed by atoms with Crippen LogP contribution in [0.25, 0.3) is 0 Å². The quantitative estimate of drug-likeness (QED) is 0.638. The Morgan fingerprint density at radius 1 is 1.56 bits per heavy atom. The summed E-state index contributed by atoms with van der Waals surface area (Å²) in [5, 5.41) is 13.8. The number of amides is 1. The fraction of sp³-hybridized carbons (Fsp3) is 0.364. The van der Waals surface area contributed by atoms with Crippen molar-refractivity contribution in [1.29, 1.82) is 0 Å². The van der Waals surface area contributed by atoms with Crippen molar-refractivity contribution in [2.75, 3.05) is 0 Å². The van der Waals surface area contributed by atoms with E-state index >= 15 is 0 Å². The highest BCUT2D eigenvalue weighted by Crippen LogP contribution is 2.23. The third-order valence-electron chi connectivity index (χ3n) is 2.58. The Hall–Kier alpha value is -1.47. The molecular weight excluding hydrogens is 302 g/mol. The smallest absolute Gasteiger partial charge is 0.275 e. The summed E-state index contributed by atoms with van der Waals surface area (Å²) >= 11 is 3.18. The number of benzene rings is 1. The molecule has 1 aromatic carbocycles. The molecule has 0 fully saturated rings. The van der Waals surface area contributed by atoms with Crippen molar-refractivity contribution in [3.8, 4) is 0 Å². The van der Waals surface area contributed by atoms with Crippen LogP contribution in [-0.4, -0.2) is 16.4 Å². The van der Waals surface area contributed by atoms with Crippen LogP contribution >= 0.6 is 15.9 Å². The maximum absolute atomic E-state index is 11.1. The Morgan fingerprint density at radius 2 is 2.17 bits per heavy atom. The highest BCUT2D eigenvalue weighted by atomic mass is 79.9. The minimum Gasteiger partial charge on any atom is -0.368 e. The molecule has 0 unspecified atom stereocenters. The first-order chi connectivity index (χ1) is 8.24. The summed E-state index contributed by atoms with van der Waals surface area (Å²) in [6, 6.07) is 4.77. The molecule has 7 heteroatoms. The van der Waals surface area contributed by atoms with Gasteiger partial charge < -0.3 is 5.73 Å². The zero-order valence-electron chi connectivity index (χ0n) is 10.1. The summed E-state index contributed by atoms with van der Waals surface area (Å²) in [7, 11) is 0. The number of hydrogen-bond donors (Lipinski definition) is 2. The number of nitrogens with one attached hydrogen (secondary N) is 1. The van der Waals surface area contributed by atoms with Crippen LogP contribution in [0.4, 0.5) is 5.69 Å². The number of halogens is 1. The average molecular weight is 316 g/mol. The molecule has 1 aromatic rings. The lowest BCUT2D eigenvalue weighted by Crippen LogP contribution is -2.50. The molecule has 0 radical (unpaired) electrons. The standard InChI is InChI=1S/C11H14BrN3O3/c1-11(2,10(13)16)14-6-7-3-4-8(12)5-9(7)15(17)18/h3-5,14H,6H2,1-2H3,(H2,13,16). The second-order valence-corrected chi connectivity index (χ2v) is 5.29. The number of carbonyl (C=O) groups is 1. The van der Waals surface area contributed by atoms with Gasteiger partial charge >= 0.3 is 0 Å². The lowest BCUT2D eigenvalue weighted by Gasteiger charge is -2.22. The SMILES string of the molecule is CC(C)(NCc1ccc(Br)cc1[N+](=O)[O-])C(N)=O. The predicted octanol–water partition coefficient (Wildman–Crippen LogP) is 1.71. The second kappa shape index (κ2) is 5.45. The van der Waals surface area contributed by atoms with Crippen molar-refractivity contribution in [2.24, 2.45) is 5.73 Å². The van der Waals surface area contributed by atoms with E-state index in [1.165, 1.54) is 6.07 Å². The second-order valence-electron chi connectivity index (χ2n) is 4.37. The van der Waals surface area contributed by atoms with Gasteiger partial charge in [-0.25, -0.2) is 0 Å². The van der Waals surface area contributed by atoms with Gasteiger partial charge in [0.25, 0.3) is 5.69 Å². The van der Waals surface area contributed by atoms with E-state index in [1.807, 2.05) is 0 Å². The third-order valence-corrected chi connectivity index (χ3v) is 3.07. The fourth-order valence-electron chi connectivity index (χ4n) is 1.26. The first-order valence-electron chi connectivity index (χ1n) is 5.22. The molecule has 0 aliphatic heterocycles. The summed E-state index contributed by atoms with van der Waals surface area (Å²) in [5.41, 5.74) is 4.79. The Labute approximate surface area is 113 Å². The Balaban J connectivity index is 2.92. The highest BCUT2D eigenvalue weighted by molar-refractivity contribution is 9.10. The first-order valence-corrected chi connectivity index (χ1v) is 6.01. The molecule has 0 aliphatic rings. The summed E-state index contributed by atoms with van der Waals surface area (Å²) in [5.74, 6) is -0.512. The lowest BCUT2D eigenvalue weighted by atomic mass is 10.0. The van der Waals surface area contributed by atoms with E-state index in [0.717, 1.165) is 0 Å². The summed E-state index contributed by atoms with van der Waals surface area (Å²) < 4.78 is 0.632. The number of nitro benzene ring substituents is 1. The number of nitrogens with zero attached hydrogens (tertiary/aromatic N) is 1. The molecule has 0 aliphatic carbocycles. The van der Waals surface area contributed by atoms with E-state index in [0.29, 0.717) is 10.0 Å². The Bertz CT molecular complexity index is 488. The van der Waals surface area contributed by atoms with Crippen molar-refractivity contribution in [2.45, 2.75) is 25.9 Å². The normalized spacial score (nSPS) is 11.3. The maximum atomic E-state index is 11.1. The zero-order valence-corrected chi connectivity index (χ0v) is 11.7. The van der Waals surface area contributed by atoms with Crippen LogP contribution in [0.1, 0.15) is 19.4 Å². The number of nitrogens with two attached hydrogens (primary N) is 1. The largest absolute Gasteiger partial charge is 0.368 e. The van der Waals surface area contributed by atoms with Gasteiger partial charge in [0, 0.05) is 22.6 Å². The zero-order chi connectivity index (χ0) is 13.9. The average Bonchev–Trinajstić information content (AvgIpc) is 2.27. The molecule has 0 atom stereocenters. The molecular formula is C11H14BrN3O3. The predicted molar refractivity (Wildman–Crippen MR) is 70.9 cm³/mol. The van der Waals surface area contributed by atoms with E-state index in [9.17, 15) is 14.9 Å². The molecule has 0 spiro atoms. The van der Waals surface area contributed by atoms with Crippen molar-refractivity contribution in [3.63, 3.8) is 0 Å². The molecule has 1 rings (SSSR count). The molecule has 0 saturated carbocycles.